The molecule has 1 aromatic heterocycles. The van der Waals surface area contributed by atoms with Gasteiger partial charge in [0.2, 0.25) is 11.8 Å². The van der Waals surface area contributed by atoms with Crippen molar-refractivity contribution in [2.75, 3.05) is 18.4 Å². The Kier molecular flexibility index (Phi) is 3.52. The summed E-state index contributed by atoms with van der Waals surface area (Å²) in [6.07, 6.45) is 0.243. The molecule has 0 unspecified atom stereocenters. The number of nitrogens with zero attached hydrogens (tertiary/aromatic N) is 3. The van der Waals surface area contributed by atoms with E-state index in [2.05, 4.69) is 15.5 Å². The molecule has 2 aliphatic rings. The summed E-state index contributed by atoms with van der Waals surface area (Å²) in [7, 11) is 0. The van der Waals surface area contributed by atoms with Gasteiger partial charge in [0.1, 0.15) is 6.04 Å². The lowest BCUT2D eigenvalue weighted by Crippen LogP contribution is -2.40. The molecular formula is C17H18F2N4O2. The fourth-order valence-electron chi connectivity index (χ4n) is 3.38. The van der Waals surface area contributed by atoms with Gasteiger partial charge in [0.05, 0.1) is 5.41 Å². The maximum atomic E-state index is 13.5. The topological polar surface area (TPSA) is 71.3 Å². The van der Waals surface area contributed by atoms with Gasteiger partial charge in [-0.3, -0.25) is 4.79 Å². The Balaban J connectivity index is 1.39. The third-order valence-corrected chi connectivity index (χ3v) is 5.03. The first-order valence-electron chi connectivity index (χ1n) is 8.22. The number of likely N-dealkylation sites (tertiary alicyclic amines) is 1. The van der Waals surface area contributed by atoms with Crippen molar-refractivity contribution in [3.05, 3.63) is 30.3 Å². The summed E-state index contributed by atoms with van der Waals surface area (Å²) in [5.74, 6) is -2.52. The molecule has 0 bridgehead atoms. The minimum atomic E-state index is -2.63. The summed E-state index contributed by atoms with van der Waals surface area (Å²) in [5, 5.41) is 10.7. The molecule has 1 aliphatic carbocycles. The van der Waals surface area contributed by atoms with Crippen LogP contribution >= 0.6 is 0 Å². The Bertz CT molecular complexity index is 795. The molecule has 2 heterocycles. The molecule has 1 saturated carbocycles. The zero-order valence-corrected chi connectivity index (χ0v) is 13.7. The standard InChI is InChI=1S/C17H18F2N4O2/c1-11(14(24)23-8-7-16(10-23)9-17(16,18)19)20-15-22-21-13(25-15)12-5-3-2-4-6-12/h2-6,11H,7-10H2,1H3,(H,20,22)/t11-,16-/m0/s1. The van der Waals surface area contributed by atoms with Crippen molar-refractivity contribution < 1.29 is 18.0 Å². The van der Waals surface area contributed by atoms with Crippen molar-refractivity contribution in [3.8, 4) is 11.5 Å². The Morgan fingerprint density at radius 1 is 1.32 bits per heavy atom. The fourth-order valence-corrected chi connectivity index (χ4v) is 3.38. The monoisotopic (exact) mass is 348 g/mol. The summed E-state index contributed by atoms with van der Waals surface area (Å²) >= 11 is 0. The number of alkyl halides is 2. The number of carbonyl (C=O) groups is 1. The van der Waals surface area contributed by atoms with Crippen LogP contribution in [0.15, 0.2) is 34.7 Å². The van der Waals surface area contributed by atoms with Gasteiger partial charge >= 0.3 is 6.01 Å². The van der Waals surface area contributed by atoms with Gasteiger partial charge in [0.25, 0.3) is 5.92 Å². The van der Waals surface area contributed by atoms with Crippen molar-refractivity contribution >= 4 is 11.9 Å². The zero-order valence-electron chi connectivity index (χ0n) is 13.7. The first-order chi connectivity index (χ1) is 11.9. The predicted octanol–water partition coefficient (Wildman–Crippen LogP) is 2.79. The SMILES string of the molecule is C[C@H](Nc1nnc(-c2ccccc2)o1)C(=O)N1CC[C@@]2(C1)CC2(F)F. The second-order valence-electron chi connectivity index (χ2n) is 6.82. The van der Waals surface area contributed by atoms with Crippen LogP contribution in [0.2, 0.25) is 0 Å². The number of anilines is 1. The second kappa shape index (κ2) is 5.50. The normalized spacial score (nSPS) is 25.2. The number of hydrogen-bond acceptors (Lipinski definition) is 5. The molecule has 1 aliphatic heterocycles. The van der Waals surface area contributed by atoms with E-state index in [1.54, 1.807) is 6.92 Å². The molecule has 6 nitrogen and oxygen atoms in total. The highest BCUT2D eigenvalue weighted by Gasteiger charge is 2.73. The molecule has 1 saturated heterocycles. The maximum Gasteiger partial charge on any atom is 0.316 e. The first kappa shape index (κ1) is 16.0. The van der Waals surface area contributed by atoms with E-state index in [0.29, 0.717) is 18.9 Å². The number of aromatic nitrogens is 2. The smallest absolute Gasteiger partial charge is 0.316 e. The molecule has 4 rings (SSSR count). The summed E-state index contributed by atoms with van der Waals surface area (Å²) < 4.78 is 32.4. The molecule has 132 valence electrons. The highest BCUT2D eigenvalue weighted by atomic mass is 19.3. The average Bonchev–Trinajstić information content (AvgIpc) is 3.00. The Morgan fingerprint density at radius 2 is 2.04 bits per heavy atom. The lowest BCUT2D eigenvalue weighted by molar-refractivity contribution is -0.131. The number of carbonyl (C=O) groups excluding carboxylic acids is 1. The largest absolute Gasteiger partial charge is 0.403 e. The van der Waals surface area contributed by atoms with E-state index in [4.69, 9.17) is 4.42 Å². The molecule has 2 fully saturated rings. The molecule has 0 radical (unpaired) electrons. The van der Waals surface area contributed by atoms with E-state index in [9.17, 15) is 13.6 Å². The first-order valence-corrected chi connectivity index (χ1v) is 8.22. The van der Waals surface area contributed by atoms with Crippen LogP contribution in [0.25, 0.3) is 11.5 Å². The molecule has 1 N–H and O–H groups in total. The second-order valence-corrected chi connectivity index (χ2v) is 6.82. The Hall–Kier alpha value is -2.51. The van der Waals surface area contributed by atoms with Crippen LogP contribution in [0.4, 0.5) is 14.8 Å². The van der Waals surface area contributed by atoms with Gasteiger partial charge in [-0.15, -0.1) is 5.10 Å². The number of hydrogen-bond donors (Lipinski definition) is 1. The molecule has 8 heteroatoms. The van der Waals surface area contributed by atoms with E-state index in [0.717, 1.165) is 5.56 Å². The van der Waals surface area contributed by atoms with Crippen LogP contribution in [0, 0.1) is 5.41 Å². The van der Waals surface area contributed by atoms with Crippen LogP contribution in [0.3, 0.4) is 0 Å². The lowest BCUT2D eigenvalue weighted by Gasteiger charge is -2.21. The number of benzene rings is 1. The molecule has 25 heavy (non-hydrogen) atoms. The predicted molar refractivity (Wildman–Crippen MR) is 86.0 cm³/mol. The van der Waals surface area contributed by atoms with Gasteiger partial charge < -0.3 is 14.6 Å². The zero-order chi connectivity index (χ0) is 17.7. The van der Waals surface area contributed by atoms with E-state index < -0.39 is 17.4 Å². The highest BCUT2D eigenvalue weighted by Crippen LogP contribution is 2.65. The fraction of sp³-hybridized carbons (Fsp3) is 0.471. The third kappa shape index (κ3) is 2.75. The Morgan fingerprint density at radius 3 is 2.68 bits per heavy atom. The summed E-state index contributed by atoms with van der Waals surface area (Å²) in [5.41, 5.74) is -0.215. The Labute approximate surface area is 143 Å². The quantitative estimate of drug-likeness (QED) is 0.920. The van der Waals surface area contributed by atoms with E-state index in [-0.39, 0.29) is 24.9 Å². The van der Waals surface area contributed by atoms with Crippen molar-refractivity contribution in [1.29, 1.82) is 0 Å². The van der Waals surface area contributed by atoms with E-state index >= 15 is 0 Å². The maximum absolute atomic E-state index is 13.5. The van der Waals surface area contributed by atoms with Crippen LogP contribution in [-0.4, -0.2) is 46.1 Å². The van der Waals surface area contributed by atoms with Gasteiger partial charge in [0, 0.05) is 25.1 Å². The lowest BCUT2D eigenvalue weighted by atomic mass is 10.1. The minimum Gasteiger partial charge on any atom is -0.403 e. The van der Waals surface area contributed by atoms with Crippen LogP contribution in [0.5, 0.6) is 0 Å². The molecule has 2 aromatic rings. The molecular weight excluding hydrogens is 330 g/mol. The van der Waals surface area contributed by atoms with Gasteiger partial charge in [0.15, 0.2) is 0 Å². The molecule has 2 atom stereocenters. The highest BCUT2D eigenvalue weighted by molar-refractivity contribution is 5.84. The van der Waals surface area contributed by atoms with Crippen molar-refractivity contribution in [2.24, 2.45) is 5.41 Å². The summed E-state index contributed by atoms with van der Waals surface area (Å²) in [4.78, 5) is 14.0. The number of rotatable bonds is 4. The van der Waals surface area contributed by atoms with Crippen molar-refractivity contribution in [1.82, 2.24) is 15.1 Å². The van der Waals surface area contributed by atoms with Crippen LogP contribution in [-0.2, 0) is 4.79 Å². The van der Waals surface area contributed by atoms with E-state index in [1.807, 2.05) is 30.3 Å². The summed E-state index contributed by atoms with van der Waals surface area (Å²) in [6, 6.07) is 8.77. The summed E-state index contributed by atoms with van der Waals surface area (Å²) in [6.45, 7) is 2.13. The van der Waals surface area contributed by atoms with E-state index in [1.165, 1.54) is 4.90 Å². The molecule has 1 aromatic carbocycles. The van der Waals surface area contributed by atoms with Gasteiger partial charge in [-0.2, -0.15) is 0 Å². The van der Waals surface area contributed by atoms with Crippen molar-refractivity contribution in [3.63, 3.8) is 0 Å². The molecule has 1 spiro atoms. The number of halogens is 2. The minimum absolute atomic E-state index is 0.115. The number of nitrogens with one attached hydrogen (secondary N) is 1. The van der Waals surface area contributed by atoms with Crippen molar-refractivity contribution in [2.45, 2.75) is 31.7 Å². The number of amides is 1. The third-order valence-electron chi connectivity index (χ3n) is 5.03. The van der Waals surface area contributed by atoms with Gasteiger partial charge in [-0.25, -0.2) is 8.78 Å². The average molecular weight is 348 g/mol. The van der Waals surface area contributed by atoms with Crippen LogP contribution in [0.1, 0.15) is 19.8 Å². The molecule has 1 amide bonds. The van der Waals surface area contributed by atoms with Crippen LogP contribution < -0.4 is 5.32 Å². The van der Waals surface area contributed by atoms with Gasteiger partial charge in [-0.1, -0.05) is 23.3 Å². The van der Waals surface area contributed by atoms with Gasteiger partial charge in [-0.05, 0) is 25.5 Å².